The van der Waals surface area contributed by atoms with Gasteiger partial charge in [-0.2, -0.15) is 0 Å². The van der Waals surface area contributed by atoms with Crippen LogP contribution in [0.25, 0.3) is 10.1 Å². The predicted molar refractivity (Wildman–Crippen MR) is 89.3 cm³/mol. The molecule has 0 saturated carbocycles. The molecule has 1 saturated heterocycles. The SMILES string of the molecule is Cc1c(C(=O)NCCC(=O)N2CCCC2)sc2ccccc12. The quantitative estimate of drug-likeness (QED) is 0.943. The molecular formula is C17H20N2O2S. The molecule has 1 aromatic heterocycles. The summed E-state index contributed by atoms with van der Waals surface area (Å²) in [7, 11) is 0. The molecule has 0 unspecified atom stereocenters. The summed E-state index contributed by atoms with van der Waals surface area (Å²) in [6.07, 6.45) is 2.58. The maximum Gasteiger partial charge on any atom is 0.261 e. The first kappa shape index (κ1) is 15.0. The van der Waals surface area contributed by atoms with Crippen LogP contribution in [-0.2, 0) is 4.79 Å². The van der Waals surface area contributed by atoms with E-state index in [2.05, 4.69) is 5.32 Å². The average Bonchev–Trinajstić information content (AvgIpc) is 3.16. The van der Waals surface area contributed by atoms with Crippen LogP contribution in [0.4, 0.5) is 0 Å². The Hall–Kier alpha value is -1.88. The molecule has 1 N–H and O–H groups in total. The lowest BCUT2D eigenvalue weighted by atomic mass is 10.1. The maximum absolute atomic E-state index is 12.3. The number of likely N-dealkylation sites (tertiary alicyclic amines) is 1. The van der Waals surface area contributed by atoms with Crippen molar-refractivity contribution < 1.29 is 9.59 Å². The minimum atomic E-state index is -0.0760. The number of nitrogens with one attached hydrogen (secondary N) is 1. The first-order chi connectivity index (χ1) is 10.7. The van der Waals surface area contributed by atoms with Gasteiger partial charge >= 0.3 is 0 Å². The van der Waals surface area contributed by atoms with Crippen molar-refractivity contribution in [3.63, 3.8) is 0 Å². The van der Waals surface area contributed by atoms with Crippen LogP contribution in [-0.4, -0.2) is 36.3 Å². The highest BCUT2D eigenvalue weighted by Gasteiger charge is 2.18. The zero-order valence-corrected chi connectivity index (χ0v) is 13.5. The Morgan fingerprint density at radius 2 is 1.95 bits per heavy atom. The van der Waals surface area contributed by atoms with E-state index in [1.165, 1.54) is 11.3 Å². The molecule has 0 spiro atoms. The van der Waals surface area contributed by atoms with Gasteiger partial charge in [0.15, 0.2) is 0 Å². The lowest BCUT2D eigenvalue weighted by Crippen LogP contribution is -2.32. The summed E-state index contributed by atoms with van der Waals surface area (Å²) in [5.41, 5.74) is 1.02. The molecule has 0 atom stereocenters. The third-order valence-electron chi connectivity index (χ3n) is 4.13. The van der Waals surface area contributed by atoms with Gasteiger partial charge in [-0.05, 0) is 36.8 Å². The highest BCUT2D eigenvalue weighted by atomic mass is 32.1. The zero-order valence-electron chi connectivity index (χ0n) is 12.7. The van der Waals surface area contributed by atoms with E-state index in [1.807, 2.05) is 36.1 Å². The highest BCUT2D eigenvalue weighted by molar-refractivity contribution is 7.21. The molecule has 2 aromatic rings. The van der Waals surface area contributed by atoms with Gasteiger partial charge in [0.2, 0.25) is 5.91 Å². The largest absolute Gasteiger partial charge is 0.351 e. The third-order valence-corrected chi connectivity index (χ3v) is 5.40. The van der Waals surface area contributed by atoms with Crippen molar-refractivity contribution in [2.24, 2.45) is 0 Å². The summed E-state index contributed by atoms with van der Waals surface area (Å²) >= 11 is 1.51. The summed E-state index contributed by atoms with van der Waals surface area (Å²) in [4.78, 5) is 26.9. The fourth-order valence-electron chi connectivity index (χ4n) is 2.88. The van der Waals surface area contributed by atoms with Gasteiger partial charge in [0.1, 0.15) is 0 Å². The summed E-state index contributed by atoms with van der Waals surface area (Å²) in [5, 5.41) is 4.01. The molecule has 0 bridgehead atoms. The zero-order chi connectivity index (χ0) is 15.5. The molecule has 3 rings (SSSR count). The molecule has 4 nitrogen and oxygen atoms in total. The van der Waals surface area contributed by atoms with E-state index >= 15 is 0 Å². The second kappa shape index (κ2) is 6.48. The average molecular weight is 316 g/mol. The number of thiophene rings is 1. The van der Waals surface area contributed by atoms with E-state index in [-0.39, 0.29) is 11.8 Å². The fraction of sp³-hybridized carbons (Fsp3) is 0.412. The predicted octanol–water partition coefficient (Wildman–Crippen LogP) is 2.95. The number of hydrogen-bond donors (Lipinski definition) is 1. The molecule has 1 fully saturated rings. The van der Waals surface area contributed by atoms with Crippen LogP contribution >= 0.6 is 11.3 Å². The van der Waals surface area contributed by atoms with Gasteiger partial charge in [-0.3, -0.25) is 9.59 Å². The molecule has 1 aromatic carbocycles. The Bertz CT molecular complexity index is 702. The molecule has 22 heavy (non-hydrogen) atoms. The summed E-state index contributed by atoms with van der Waals surface area (Å²) in [5.74, 6) is 0.0683. The van der Waals surface area contributed by atoms with Crippen molar-refractivity contribution >= 4 is 33.2 Å². The Morgan fingerprint density at radius 1 is 1.23 bits per heavy atom. The van der Waals surface area contributed by atoms with Gasteiger partial charge in [0.05, 0.1) is 4.88 Å². The number of aryl methyl sites for hydroxylation is 1. The van der Waals surface area contributed by atoms with Crippen LogP contribution in [0.15, 0.2) is 24.3 Å². The van der Waals surface area contributed by atoms with Crippen LogP contribution in [0.1, 0.15) is 34.5 Å². The van der Waals surface area contributed by atoms with Crippen molar-refractivity contribution in [2.45, 2.75) is 26.2 Å². The van der Waals surface area contributed by atoms with E-state index in [0.717, 1.165) is 46.5 Å². The van der Waals surface area contributed by atoms with Crippen LogP contribution < -0.4 is 5.32 Å². The van der Waals surface area contributed by atoms with Crippen LogP contribution in [0, 0.1) is 6.92 Å². The number of benzene rings is 1. The van der Waals surface area contributed by atoms with Gasteiger partial charge in [0.25, 0.3) is 5.91 Å². The maximum atomic E-state index is 12.3. The van der Waals surface area contributed by atoms with E-state index in [9.17, 15) is 9.59 Å². The first-order valence-electron chi connectivity index (χ1n) is 7.71. The van der Waals surface area contributed by atoms with Crippen LogP contribution in [0.2, 0.25) is 0 Å². The van der Waals surface area contributed by atoms with E-state index in [4.69, 9.17) is 0 Å². The normalized spacial score (nSPS) is 14.5. The number of rotatable bonds is 4. The lowest BCUT2D eigenvalue weighted by Gasteiger charge is -2.15. The van der Waals surface area contributed by atoms with E-state index in [0.29, 0.717) is 13.0 Å². The molecule has 2 heterocycles. The van der Waals surface area contributed by atoms with Gasteiger partial charge in [-0.1, -0.05) is 18.2 Å². The van der Waals surface area contributed by atoms with Gasteiger partial charge in [-0.25, -0.2) is 0 Å². The van der Waals surface area contributed by atoms with Gasteiger partial charge in [0, 0.05) is 30.8 Å². The minimum Gasteiger partial charge on any atom is -0.351 e. The van der Waals surface area contributed by atoms with E-state index in [1.54, 1.807) is 0 Å². The van der Waals surface area contributed by atoms with Gasteiger partial charge in [-0.15, -0.1) is 11.3 Å². The van der Waals surface area contributed by atoms with Crippen LogP contribution in [0.5, 0.6) is 0 Å². The molecule has 5 heteroatoms. The van der Waals surface area contributed by atoms with Crippen molar-refractivity contribution in [3.05, 3.63) is 34.7 Å². The topological polar surface area (TPSA) is 49.4 Å². The third kappa shape index (κ3) is 2.99. The number of carbonyl (C=O) groups excluding carboxylic acids is 2. The monoisotopic (exact) mass is 316 g/mol. The standard InChI is InChI=1S/C17H20N2O2S/c1-12-13-6-2-3-7-14(13)22-16(12)17(21)18-9-8-15(20)19-10-4-5-11-19/h2-3,6-7H,4-5,8-11H2,1H3,(H,18,21). The second-order valence-electron chi connectivity index (χ2n) is 5.65. The smallest absolute Gasteiger partial charge is 0.261 e. The highest BCUT2D eigenvalue weighted by Crippen LogP contribution is 2.30. The molecule has 2 amide bonds. The number of fused-ring (bicyclic) bond motifs is 1. The van der Waals surface area contributed by atoms with Crippen LogP contribution in [0.3, 0.4) is 0 Å². The number of nitrogens with zero attached hydrogens (tertiary/aromatic N) is 1. The Balaban J connectivity index is 1.59. The van der Waals surface area contributed by atoms with Crippen molar-refractivity contribution in [2.75, 3.05) is 19.6 Å². The van der Waals surface area contributed by atoms with Crippen molar-refractivity contribution in [3.8, 4) is 0 Å². The number of amides is 2. The van der Waals surface area contributed by atoms with Gasteiger partial charge < -0.3 is 10.2 Å². The summed E-state index contributed by atoms with van der Waals surface area (Å²) < 4.78 is 1.12. The van der Waals surface area contributed by atoms with E-state index < -0.39 is 0 Å². The lowest BCUT2D eigenvalue weighted by molar-refractivity contribution is -0.129. The molecule has 0 aliphatic carbocycles. The molecular weight excluding hydrogens is 296 g/mol. The molecule has 116 valence electrons. The van der Waals surface area contributed by atoms with Crippen molar-refractivity contribution in [1.82, 2.24) is 10.2 Å². The summed E-state index contributed by atoms with van der Waals surface area (Å²) in [6.45, 7) is 4.11. The number of hydrogen-bond acceptors (Lipinski definition) is 3. The van der Waals surface area contributed by atoms with Crippen molar-refractivity contribution in [1.29, 1.82) is 0 Å². The fourth-order valence-corrected chi connectivity index (χ4v) is 4.00. The first-order valence-corrected chi connectivity index (χ1v) is 8.52. The second-order valence-corrected chi connectivity index (χ2v) is 6.70. The Morgan fingerprint density at radius 3 is 2.68 bits per heavy atom. The minimum absolute atomic E-state index is 0.0760. The molecule has 0 radical (unpaired) electrons. The Kier molecular flexibility index (Phi) is 4.43. The summed E-state index contributed by atoms with van der Waals surface area (Å²) in [6, 6.07) is 8.03. The number of carbonyl (C=O) groups is 2. The Labute approximate surface area is 134 Å². The molecule has 1 aliphatic heterocycles. The molecule has 1 aliphatic rings.